The highest BCUT2D eigenvalue weighted by Crippen LogP contribution is 2.20. The molecule has 1 atom stereocenters. The van der Waals surface area contributed by atoms with Crippen LogP contribution in [-0.4, -0.2) is 22.7 Å². The van der Waals surface area contributed by atoms with Crippen LogP contribution in [0.15, 0.2) is 35.9 Å². The van der Waals surface area contributed by atoms with E-state index < -0.39 is 5.60 Å². The number of amides is 1. The van der Waals surface area contributed by atoms with Gasteiger partial charge in [-0.05, 0) is 77.0 Å². The molecule has 0 saturated carbocycles. The number of hydrogen-bond acceptors (Lipinski definition) is 2. The van der Waals surface area contributed by atoms with Crippen molar-refractivity contribution in [3.63, 3.8) is 0 Å². The van der Waals surface area contributed by atoms with Gasteiger partial charge in [0.25, 0.3) is 5.91 Å². The van der Waals surface area contributed by atoms with Gasteiger partial charge < -0.3 is 10.4 Å². The number of nitrogens with one attached hydrogen (secondary N) is 1. The van der Waals surface area contributed by atoms with Crippen molar-refractivity contribution in [2.45, 2.75) is 70.9 Å². The predicted molar refractivity (Wildman–Crippen MR) is 94.5 cm³/mol. The third kappa shape index (κ3) is 5.83. The van der Waals surface area contributed by atoms with Crippen molar-refractivity contribution >= 4 is 5.91 Å². The second-order valence-corrected chi connectivity index (χ2v) is 7.23. The fourth-order valence-electron chi connectivity index (χ4n) is 2.90. The lowest BCUT2D eigenvalue weighted by molar-refractivity contribution is 0.0713. The average molecular weight is 315 g/mol. The van der Waals surface area contributed by atoms with Crippen molar-refractivity contribution in [1.29, 1.82) is 0 Å². The molecule has 3 nitrogen and oxygen atoms in total. The SMILES string of the molecule is C[C@@H](NC(=O)c1ccc(CCC(C)(C)O)cc1)C1=CCCCC1. The second kappa shape index (κ2) is 7.78. The van der Waals surface area contributed by atoms with E-state index in [1.54, 1.807) is 0 Å². The van der Waals surface area contributed by atoms with Crippen LogP contribution in [0.1, 0.15) is 68.8 Å². The van der Waals surface area contributed by atoms with Gasteiger partial charge in [0.05, 0.1) is 5.60 Å². The molecule has 0 heterocycles. The second-order valence-electron chi connectivity index (χ2n) is 7.23. The number of allylic oxidation sites excluding steroid dienone is 1. The van der Waals surface area contributed by atoms with Crippen LogP contribution in [0, 0.1) is 0 Å². The molecule has 1 aromatic rings. The van der Waals surface area contributed by atoms with Gasteiger partial charge in [0, 0.05) is 11.6 Å². The molecule has 0 unspecified atom stereocenters. The smallest absolute Gasteiger partial charge is 0.251 e. The Hall–Kier alpha value is -1.61. The predicted octanol–water partition coefficient (Wildman–Crippen LogP) is 4.01. The van der Waals surface area contributed by atoms with Gasteiger partial charge in [-0.2, -0.15) is 0 Å². The zero-order valence-electron chi connectivity index (χ0n) is 14.6. The van der Waals surface area contributed by atoms with E-state index in [0.717, 1.165) is 24.8 Å². The normalized spacial score (nSPS) is 16.6. The van der Waals surface area contributed by atoms with Crippen molar-refractivity contribution in [2.24, 2.45) is 0 Å². The molecule has 1 amide bonds. The first-order chi connectivity index (χ1) is 10.8. The van der Waals surface area contributed by atoms with Gasteiger partial charge in [-0.3, -0.25) is 4.79 Å². The molecule has 23 heavy (non-hydrogen) atoms. The van der Waals surface area contributed by atoms with E-state index in [4.69, 9.17) is 0 Å². The maximum absolute atomic E-state index is 12.3. The molecule has 1 aliphatic rings. The molecule has 0 radical (unpaired) electrons. The highest BCUT2D eigenvalue weighted by molar-refractivity contribution is 5.94. The number of carbonyl (C=O) groups excluding carboxylic acids is 1. The zero-order chi connectivity index (χ0) is 16.9. The topological polar surface area (TPSA) is 49.3 Å². The molecule has 2 rings (SSSR count). The number of benzene rings is 1. The zero-order valence-corrected chi connectivity index (χ0v) is 14.6. The summed E-state index contributed by atoms with van der Waals surface area (Å²) in [4.78, 5) is 12.3. The lowest BCUT2D eigenvalue weighted by Gasteiger charge is -2.21. The van der Waals surface area contributed by atoms with E-state index in [1.165, 1.54) is 18.4 Å². The summed E-state index contributed by atoms with van der Waals surface area (Å²) in [7, 11) is 0. The lowest BCUT2D eigenvalue weighted by atomic mass is 9.94. The number of carbonyl (C=O) groups is 1. The Balaban J connectivity index is 1.90. The fourth-order valence-corrected chi connectivity index (χ4v) is 2.90. The summed E-state index contributed by atoms with van der Waals surface area (Å²) in [6.07, 6.45) is 8.51. The number of aryl methyl sites for hydroxylation is 1. The van der Waals surface area contributed by atoms with E-state index in [9.17, 15) is 9.90 Å². The van der Waals surface area contributed by atoms with Crippen molar-refractivity contribution in [3.8, 4) is 0 Å². The minimum atomic E-state index is -0.654. The first-order valence-electron chi connectivity index (χ1n) is 8.66. The standard InChI is InChI=1S/C20H29NO2/c1-15(17-7-5-4-6-8-17)21-19(22)18-11-9-16(10-12-18)13-14-20(2,3)23/h7,9-12,15,23H,4-6,8,13-14H2,1-3H3,(H,21,22)/t15-/m1/s1. The number of rotatable bonds is 6. The summed E-state index contributed by atoms with van der Waals surface area (Å²) >= 11 is 0. The van der Waals surface area contributed by atoms with Crippen molar-refractivity contribution < 1.29 is 9.90 Å². The van der Waals surface area contributed by atoms with Crippen LogP contribution < -0.4 is 5.32 Å². The van der Waals surface area contributed by atoms with Gasteiger partial charge >= 0.3 is 0 Å². The molecular weight excluding hydrogens is 286 g/mol. The summed E-state index contributed by atoms with van der Waals surface area (Å²) < 4.78 is 0. The van der Waals surface area contributed by atoms with E-state index >= 15 is 0 Å². The monoisotopic (exact) mass is 315 g/mol. The maximum Gasteiger partial charge on any atom is 0.251 e. The van der Waals surface area contributed by atoms with Gasteiger partial charge in [0.15, 0.2) is 0 Å². The van der Waals surface area contributed by atoms with Crippen LogP contribution in [0.5, 0.6) is 0 Å². The van der Waals surface area contributed by atoms with Gasteiger partial charge in [-0.15, -0.1) is 0 Å². The minimum Gasteiger partial charge on any atom is -0.390 e. The van der Waals surface area contributed by atoms with Crippen molar-refractivity contribution in [3.05, 3.63) is 47.0 Å². The third-order valence-corrected chi connectivity index (χ3v) is 4.47. The quantitative estimate of drug-likeness (QED) is 0.779. The van der Waals surface area contributed by atoms with E-state index in [2.05, 4.69) is 18.3 Å². The summed E-state index contributed by atoms with van der Waals surface area (Å²) in [6.45, 7) is 5.69. The number of hydrogen-bond donors (Lipinski definition) is 2. The maximum atomic E-state index is 12.3. The van der Waals surface area contributed by atoms with E-state index in [1.807, 2.05) is 38.1 Å². The van der Waals surface area contributed by atoms with Crippen LogP contribution in [0.25, 0.3) is 0 Å². The van der Waals surface area contributed by atoms with Crippen LogP contribution in [-0.2, 0) is 6.42 Å². The Bertz CT molecular complexity index is 552. The minimum absolute atomic E-state index is 0.0157. The molecule has 1 aliphatic carbocycles. The molecule has 0 spiro atoms. The van der Waals surface area contributed by atoms with Crippen molar-refractivity contribution in [2.75, 3.05) is 0 Å². The molecule has 2 N–H and O–H groups in total. The first-order valence-corrected chi connectivity index (χ1v) is 8.66. The van der Waals surface area contributed by atoms with Crippen LogP contribution in [0.3, 0.4) is 0 Å². The van der Waals surface area contributed by atoms with Crippen LogP contribution in [0.2, 0.25) is 0 Å². The first kappa shape index (κ1) is 17.7. The van der Waals surface area contributed by atoms with E-state index in [0.29, 0.717) is 12.0 Å². The number of aliphatic hydroxyl groups is 1. The van der Waals surface area contributed by atoms with Crippen LogP contribution in [0.4, 0.5) is 0 Å². The average Bonchev–Trinajstić information content (AvgIpc) is 2.53. The molecule has 1 aromatic carbocycles. The largest absolute Gasteiger partial charge is 0.390 e. The summed E-state index contributed by atoms with van der Waals surface area (Å²) in [5.74, 6) is -0.0157. The third-order valence-electron chi connectivity index (χ3n) is 4.47. The molecule has 126 valence electrons. The molecule has 0 fully saturated rings. The van der Waals surface area contributed by atoms with Gasteiger partial charge in [0.2, 0.25) is 0 Å². The summed E-state index contributed by atoms with van der Waals surface area (Å²) in [5, 5.41) is 12.9. The Labute approximate surface area is 139 Å². The highest BCUT2D eigenvalue weighted by atomic mass is 16.3. The summed E-state index contributed by atoms with van der Waals surface area (Å²) in [5.41, 5.74) is 2.54. The lowest BCUT2D eigenvalue weighted by Crippen LogP contribution is -2.34. The summed E-state index contributed by atoms with van der Waals surface area (Å²) in [6, 6.07) is 7.81. The molecule has 0 aromatic heterocycles. The van der Waals surface area contributed by atoms with Gasteiger partial charge in [0.1, 0.15) is 0 Å². The van der Waals surface area contributed by atoms with Gasteiger partial charge in [-0.25, -0.2) is 0 Å². The van der Waals surface area contributed by atoms with Gasteiger partial charge in [-0.1, -0.05) is 23.8 Å². The Morgan fingerprint density at radius 2 is 1.96 bits per heavy atom. The fraction of sp³-hybridized carbons (Fsp3) is 0.550. The molecule has 0 aliphatic heterocycles. The van der Waals surface area contributed by atoms with Crippen LogP contribution >= 0.6 is 0 Å². The molecule has 0 bridgehead atoms. The molecule has 3 heteroatoms. The van der Waals surface area contributed by atoms with Crippen molar-refractivity contribution in [1.82, 2.24) is 5.32 Å². The molecule has 0 saturated heterocycles. The van der Waals surface area contributed by atoms with E-state index in [-0.39, 0.29) is 11.9 Å². The Morgan fingerprint density at radius 3 is 2.52 bits per heavy atom. The Kier molecular flexibility index (Phi) is 6.00. The Morgan fingerprint density at radius 1 is 1.26 bits per heavy atom. The molecular formula is C20H29NO2. The highest BCUT2D eigenvalue weighted by Gasteiger charge is 2.16.